The summed E-state index contributed by atoms with van der Waals surface area (Å²) in [6, 6.07) is 50.9. The van der Waals surface area contributed by atoms with Gasteiger partial charge in [0.25, 0.3) is 0 Å². The van der Waals surface area contributed by atoms with E-state index in [1.807, 2.05) is 0 Å². The molecule has 2 aliphatic carbocycles. The first kappa shape index (κ1) is 33.7. The van der Waals surface area contributed by atoms with Crippen molar-refractivity contribution in [2.45, 2.75) is 51.4 Å². The Morgan fingerprint density at radius 1 is 0.396 bits per heavy atom. The van der Waals surface area contributed by atoms with Crippen LogP contribution in [0.3, 0.4) is 0 Å². The lowest BCUT2D eigenvalue weighted by molar-refractivity contribution is 0.275. The summed E-state index contributed by atoms with van der Waals surface area (Å²) in [4.78, 5) is 21.6. The highest BCUT2D eigenvalue weighted by Crippen LogP contribution is 2.46. The third-order valence-corrected chi connectivity index (χ3v) is 11.3. The van der Waals surface area contributed by atoms with E-state index < -0.39 is 7.82 Å². The quantitative estimate of drug-likeness (QED) is 0.126. The van der Waals surface area contributed by atoms with Gasteiger partial charge in [0.2, 0.25) is 0 Å². The third-order valence-electron chi connectivity index (χ3n) is 11.3. The topological polar surface area (TPSA) is 77.8 Å². The summed E-state index contributed by atoms with van der Waals surface area (Å²) >= 11 is 0. The van der Waals surface area contributed by atoms with Crippen LogP contribution in [0.2, 0.25) is 0 Å². The van der Waals surface area contributed by atoms with E-state index >= 15 is 0 Å². The summed E-state index contributed by atoms with van der Waals surface area (Å²) in [5, 5.41) is 10.6. The number of hydrogen-bond acceptors (Lipinski definition) is 1. The zero-order valence-electron chi connectivity index (χ0n) is 29.6. The molecule has 3 N–H and O–H groups in total. The van der Waals surface area contributed by atoms with Gasteiger partial charge in [-0.15, -0.1) is 0 Å². The largest absolute Gasteiger partial charge is 0.466 e. The summed E-state index contributed by atoms with van der Waals surface area (Å²) in [5.41, 5.74) is 14.7. The van der Waals surface area contributed by atoms with Crippen LogP contribution in [0.4, 0.5) is 0 Å². The fourth-order valence-corrected chi connectivity index (χ4v) is 9.15. The summed E-state index contributed by atoms with van der Waals surface area (Å²) in [5.74, 6) is 0. The van der Waals surface area contributed by atoms with Crippen molar-refractivity contribution in [3.8, 4) is 33.4 Å². The monoisotopic (exact) mass is 712 g/mol. The van der Waals surface area contributed by atoms with Crippen LogP contribution >= 0.6 is 7.82 Å². The summed E-state index contributed by atoms with van der Waals surface area (Å²) in [7, 11) is -4.64. The smallest absolute Gasteiger partial charge is 0.303 e. The lowest BCUT2D eigenvalue weighted by Crippen LogP contribution is -2.09. The Bertz CT molecular complexity index is 2460. The molecule has 0 bridgehead atoms. The fourth-order valence-electron chi connectivity index (χ4n) is 9.15. The first-order valence-corrected chi connectivity index (χ1v) is 20.3. The molecule has 0 atom stereocenters. The summed E-state index contributed by atoms with van der Waals surface area (Å²) < 4.78 is 8.88. The molecule has 4 nitrogen and oxygen atoms in total. The minimum atomic E-state index is -4.64. The van der Waals surface area contributed by atoms with Crippen molar-refractivity contribution in [2.75, 3.05) is 0 Å². The molecule has 0 spiro atoms. The molecule has 10 rings (SSSR count). The Kier molecular flexibility index (Phi) is 8.73. The molecule has 8 aromatic rings. The molecule has 0 unspecified atom stereocenters. The van der Waals surface area contributed by atoms with Crippen LogP contribution in [0.25, 0.3) is 76.5 Å². The molecule has 0 fully saturated rings. The van der Waals surface area contributed by atoms with Crippen molar-refractivity contribution < 1.29 is 19.2 Å². The molecule has 0 aromatic heterocycles. The van der Waals surface area contributed by atoms with E-state index in [2.05, 4.69) is 133 Å². The number of phosphoric acid groups is 1. The summed E-state index contributed by atoms with van der Waals surface area (Å²) in [6.07, 6.45) is 9.73. The van der Waals surface area contributed by atoms with Crippen LogP contribution in [-0.2, 0) is 30.2 Å². The highest BCUT2D eigenvalue weighted by molar-refractivity contribution is 7.45. The molecular formula is C48H41O4P. The molecule has 0 heterocycles. The Morgan fingerprint density at radius 2 is 0.698 bits per heavy atom. The van der Waals surface area contributed by atoms with Crippen molar-refractivity contribution >= 4 is 50.9 Å². The predicted octanol–water partition coefficient (Wildman–Crippen LogP) is 12.1. The van der Waals surface area contributed by atoms with Gasteiger partial charge in [-0.3, -0.25) is 0 Å². The highest BCUT2D eigenvalue weighted by Gasteiger charge is 2.24. The zero-order valence-corrected chi connectivity index (χ0v) is 30.5. The van der Waals surface area contributed by atoms with Gasteiger partial charge in [0.15, 0.2) is 0 Å². The highest BCUT2D eigenvalue weighted by atomic mass is 31.2. The van der Waals surface area contributed by atoms with Gasteiger partial charge >= 0.3 is 7.82 Å². The van der Waals surface area contributed by atoms with Gasteiger partial charge in [-0.05, 0) is 174 Å². The molecule has 0 amide bonds. The van der Waals surface area contributed by atoms with Crippen molar-refractivity contribution in [1.29, 1.82) is 0 Å². The molecular weight excluding hydrogens is 671 g/mol. The van der Waals surface area contributed by atoms with Crippen molar-refractivity contribution in [3.05, 3.63) is 156 Å². The second-order valence-electron chi connectivity index (χ2n) is 14.6. The molecule has 5 heteroatoms. The minimum Gasteiger partial charge on any atom is -0.303 e. The van der Waals surface area contributed by atoms with Gasteiger partial charge in [-0.1, -0.05) is 109 Å². The molecule has 0 saturated carbocycles. The number of rotatable bonds is 3. The molecule has 0 aliphatic heterocycles. The Labute approximate surface area is 309 Å². The van der Waals surface area contributed by atoms with Crippen molar-refractivity contribution in [1.82, 2.24) is 0 Å². The van der Waals surface area contributed by atoms with Gasteiger partial charge < -0.3 is 14.7 Å². The molecule has 2 aliphatic rings. The van der Waals surface area contributed by atoms with E-state index in [0.717, 1.165) is 25.7 Å². The number of hydrogen-bond donors (Lipinski definition) is 3. The van der Waals surface area contributed by atoms with Gasteiger partial charge in [0, 0.05) is 0 Å². The Hall–Kier alpha value is -5.09. The van der Waals surface area contributed by atoms with Crippen LogP contribution in [0.5, 0.6) is 0 Å². The van der Waals surface area contributed by atoms with Crippen LogP contribution < -0.4 is 0 Å². The molecule has 8 aromatic carbocycles. The van der Waals surface area contributed by atoms with Gasteiger partial charge in [0.1, 0.15) is 0 Å². The molecule has 0 radical (unpaired) electrons. The summed E-state index contributed by atoms with van der Waals surface area (Å²) in [6.45, 7) is 0. The maximum Gasteiger partial charge on any atom is 0.466 e. The van der Waals surface area contributed by atoms with E-state index in [-0.39, 0.29) is 0 Å². The fraction of sp³-hybridized carbons (Fsp3) is 0.167. The van der Waals surface area contributed by atoms with Gasteiger partial charge in [-0.25, -0.2) is 4.57 Å². The Balaban J connectivity index is 0.000000700. The van der Waals surface area contributed by atoms with E-state index in [1.165, 1.54) is 102 Å². The standard InChI is InChI=1S/C48H38.H3O4P/c1-7-19-39-31(13-1)27-37(47-41-21-9-3-15-33(41)25-34-16-4-10-22-42(34)47)29-45(39)46-30-38(28-32-14-2-8-20-40(32)46)48-43-23-11-5-17-35(43)26-36-18-6-12-24-44(36)48;1-5(2,3)4/h3-6,9-12,15-18,21-30H,1-2,7-8,13-14,19-20H2;(H3,1,2,3,4). The number of aryl methyl sites for hydroxylation is 2. The van der Waals surface area contributed by atoms with Crippen LogP contribution in [0.15, 0.2) is 133 Å². The van der Waals surface area contributed by atoms with E-state index in [0.29, 0.717) is 0 Å². The van der Waals surface area contributed by atoms with Crippen LogP contribution in [0, 0.1) is 0 Å². The average Bonchev–Trinajstić information content (AvgIpc) is 3.17. The van der Waals surface area contributed by atoms with Gasteiger partial charge in [-0.2, -0.15) is 0 Å². The molecule has 262 valence electrons. The lowest BCUT2D eigenvalue weighted by atomic mass is 9.77. The molecule has 0 saturated heterocycles. The van der Waals surface area contributed by atoms with Crippen LogP contribution in [-0.4, -0.2) is 14.7 Å². The van der Waals surface area contributed by atoms with E-state index in [4.69, 9.17) is 19.2 Å². The maximum atomic E-state index is 8.88. The van der Waals surface area contributed by atoms with Gasteiger partial charge in [0.05, 0.1) is 0 Å². The SMILES string of the molecule is O=P(O)(O)O.c1ccc2c(-c3cc4c(c(-c5cc(-c6c7ccccc7cc7ccccc67)cc6c5CCCC6)c3)CCCC4)c3ccccc3cc2c1. The number of fused-ring (bicyclic) bond motifs is 6. The minimum absolute atomic E-state index is 1.16. The van der Waals surface area contributed by atoms with Crippen molar-refractivity contribution in [3.63, 3.8) is 0 Å². The first-order valence-electron chi connectivity index (χ1n) is 18.7. The lowest BCUT2D eigenvalue weighted by Gasteiger charge is -2.27. The number of benzene rings is 8. The normalized spacial score (nSPS) is 14.2. The first-order chi connectivity index (χ1) is 25.8. The van der Waals surface area contributed by atoms with Crippen molar-refractivity contribution in [2.24, 2.45) is 0 Å². The second kappa shape index (κ2) is 13.7. The van der Waals surface area contributed by atoms with Crippen LogP contribution in [0.1, 0.15) is 47.9 Å². The Morgan fingerprint density at radius 3 is 1.04 bits per heavy atom. The maximum absolute atomic E-state index is 8.88. The predicted molar refractivity (Wildman–Crippen MR) is 220 cm³/mol. The third kappa shape index (κ3) is 6.47. The second-order valence-corrected chi connectivity index (χ2v) is 15.7. The van der Waals surface area contributed by atoms with E-state index in [9.17, 15) is 0 Å². The van der Waals surface area contributed by atoms with E-state index in [1.54, 1.807) is 22.3 Å². The molecule has 53 heavy (non-hydrogen) atoms. The average molecular weight is 713 g/mol. The zero-order chi connectivity index (χ0) is 36.1.